The van der Waals surface area contributed by atoms with Crippen molar-refractivity contribution in [1.82, 2.24) is 4.90 Å². The second-order valence-corrected chi connectivity index (χ2v) is 5.27. The van der Waals surface area contributed by atoms with Crippen LogP contribution in [0.3, 0.4) is 0 Å². The quantitative estimate of drug-likeness (QED) is 0.553. The average Bonchev–Trinajstić information content (AvgIpc) is 2.57. The van der Waals surface area contributed by atoms with E-state index in [9.17, 15) is 4.39 Å². The van der Waals surface area contributed by atoms with E-state index in [1.807, 2.05) is 30.3 Å². The number of hydrogen-bond acceptors (Lipinski definition) is 2. The van der Waals surface area contributed by atoms with Crippen LogP contribution >= 0.6 is 0 Å². The lowest BCUT2D eigenvalue weighted by molar-refractivity contribution is 0.338. The van der Waals surface area contributed by atoms with Gasteiger partial charge in [0, 0.05) is 13.1 Å². The monoisotopic (exact) mass is 314 g/mol. The first-order chi connectivity index (χ1) is 11.2. The van der Waals surface area contributed by atoms with Gasteiger partial charge in [-0.1, -0.05) is 32.0 Å². The molecule has 122 valence electrons. The van der Waals surface area contributed by atoms with E-state index < -0.39 is 0 Å². The number of aliphatic imine (C=N–C) groups is 1. The van der Waals surface area contributed by atoms with Gasteiger partial charge in [0.2, 0.25) is 0 Å². The highest BCUT2D eigenvalue weighted by Gasteiger charge is 2.13. The molecule has 0 aliphatic carbocycles. The van der Waals surface area contributed by atoms with Crippen LogP contribution in [0.5, 0.6) is 5.75 Å². The van der Waals surface area contributed by atoms with Crippen molar-refractivity contribution >= 4 is 11.7 Å². The maximum absolute atomic E-state index is 13.1. The molecule has 2 aromatic carbocycles. The summed E-state index contributed by atoms with van der Waals surface area (Å²) in [5.41, 5.74) is 0.835. The van der Waals surface area contributed by atoms with Crippen molar-refractivity contribution in [3.05, 3.63) is 60.4 Å². The van der Waals surface area contributed by atoms with Crippen molar-refractivity contribution in [2.24, 2.45) is 4.99 Å². The molecule has 3 nitrogen and oxygen atoms in total. The lowest BCUT2D eigenvalue weighted by Gasteiger charge is -2.24. The molecule has 0 amide bonds. The molecule has 4 heteroatoms. The summed E-state index contributed by atoms with van der Waals surface area (Å²) in [6.45, 7) is 5.97. The number of hydrogen-bond donors (Lipinski definition) is 0. The highest BCUT2D eigenvalue weighted by molar-refractivity contribution is 5.79. The topological polar surface area (TPSA) is 24.8 Å². The van der Waals surface area contributed by atoms with E-state index >= 15 is 0 Å². The number of ether oxygens (including phenoxy) is 1. The Labute approximate surface area is 137 Å². The molecule has 0 saturated carbocycles. The molecule has 0 spiro atoms. The molecule has 0 aromatic heterocycles. The van der Waals surface area contributed by atoms with E-state index in [4.69, 9.17) is 4.74 Å². The van der Waals surface area contributed by atoms with Crippen LogP contribution in [-0.2, 0) is 0 Å². The zero-order chi connectivity index (χ0) is 16.5. The van der Waals surface area contributed by atoms with Gasteiger partial charge in [0.1, 0.15) is 11.6 Å². The molecular formula is C19H23FN2O. The molecule has 0 unspecified atom stereocenters. The SMILES string of the molecule is CCCN(CCC)C(=Nc1ccccc1)Oc1ccc(F)cc1. The Balaban J connectivity index is 2.29. The van der Waals surface area contributed by atoms with Crippen LogP contribution in [0.1, 0.15) is 26.7 Å². The molecule has 0 aliphatic heterocycles. The van der Waals surface area contributed by atoms with Gasteiger partial charge in [0.15, 0.2) is 0 Å². The molecule has 0 aliphatic rings. The van der Waals surface area contributed by atoms with E-state index in [0.29, 0.717) is 11.8 Å². The molecule has 0 fully saturated rings. The number of nitrogens with zero attached hydrogens (tertiary/aromatic N) is 2. The maximum Gasteiger partial charge on any atom is 0.298 e. The first kappa shape index (κ1) is 17.0. The molecule has 2 aromatic rings. The Morgan fingerprint density at radius 3 is 2.13 bits per heavy atom. The summed E-state index contributed by atoms with van der Waals surface area (Å²) in [6.07, 6.45) is 2.00. The number of benzene rings is 2. The highest BCUT2D eigenvalue weighted by atomic mass is 19.1. The standard InChI is InChI=1S/C19H23FN2O/c1-3-14-22(15-4-2)19(21-17-8-6-5-7-9-17)23-18-12-10-16(20)11-13-18/h5-13H,3-4,14-15H2,1-2H3. The number of halogens is 1. The summed E-state index contributed by atoms with van der Waals surface area (Å²) in [4.78, 5) is 6.76. The summed E-state index contributed by atoms with van der Waals surface area (Å²) < 4.78 is 19.0. The summed E-state index contributed by atoms with van der Waals surface area (Å²) >= 11 is 0. The van der Waals surface area contributed by atoms with Gasteiger partial charge in [0.25, 0.3) is 6.02 Å². The predicted molar refractivity (Wildman–Crippen MR) is 92.7 cm³/mol. The van der Waals surface area contributed by atoms with Crippen molar-refractivity contribution in [3.8, 4) is 5.75 Å². The molecule has 23 heavy (non-hydrogen) atoms. The number of rotatable bonds is 6. The second kappa shape index (κ2) is 8.93. The molecule has 0 saturated heterocycles. The second-order valence-electron chi connectivity index (χ2n) is 5.27. The lowest BCUT2D eigenvalue weighted by atomic mass is 10.3. The fraction of sp³-hybridized carbons (Fsp3) is 0.316. The lowest BCUT2D eigenvalue weighted by Crippen LogP contribution is -2.36. The van der Waals surface area contributed by atoms with Crippen molar-refractivity contribution in [2.45, 2.75) is 26.7 Å². The van der Waals surface area contributed by atoms with Gasteiger partial charge < -0.3 is 9.64 Å². The van der Waals surface area contributed by atoms with Crippen molar-refractivity contribution < 1.29 is 9.13 Å². The zero-order valence-corrected chi connectivity index (χ0v) is 13.7. The molecular weight excluding hydrogens is 291 g/mol. The van der Waals surface area contributed by atoms with Gasteiger partial charge in [0.05, 0.1) is 5.69 Å². The Hall–Kier alpha value is -2.36. The fourth-order valence-corrected chi connectivity index (χ4v) is 2.22. The fourth-order valence-electron chi connectivity index (χ4n) is 2.22. The van der Waals surface area contributed by atoms with Gasteiger partial charge in [-0.2, -0.15) is 4.99 Å². The van der Waals surface area contributed by atoms with Crippen molar-refractivity contribution in [3.63, 3.8) is 0 Å². The first-order valence-corrected chi connectivity index (χ1v) is 8.05. The van der Waals surface area contributed by atoms with Crippen LogP contribution in [-0.4, -0.2) is 24.0 Å². The maximum atomic E-state index is 13.1. The summed E-state index contributed by atoms with van der Waals surface area (Å²) in [5, 5.41) is 0. The minimum atomic E-state index is -0.280. The average molecular weight is 314 g/mol. The van der Waals surface area contributed by atoms with Crippen LogP contribution in [0, 0.1) is 5.82 Å². The summed E-state index contributed by atoms with van der Waals surface area (Å²) in [7, 11) is 0. The van der Waals surface area contributed by atoms with Crippen LogP contribution in [0.4, 0.5) is 10.1 Å². The highest BCUT2D eigenvalue weighted by Crippen LogP contribution is 2.17. The third-order valence-electron chi connectivity index (χ3n) is 3.26. The Morgan fingerprint density at radius 2 is 1.57 bits per heavy atom. The van der Waals surface area contributed by atoms with E-state index in [1.165, 1.54) is 12.1 Å². The molecule has 0 radical (unpaired) electrons. The van der Waals surface area contributed by atoms with Gasteiger partial charge >= 0.3 is 0 Å². The third kappa shape index (κ3) is 5.40. The van der Waals surface area contributed by atoms with Crippen molar-refractivity contribution in [1.29, 1.82) is 0 Å². The summed E-state index contributed by atoms with van der Waals surface area (Å²) in [6, 6.07) is 16.3. The minimum Gasteiger partial charge on any atom is -0.426 e. The normalized spacial score (nSPS) is 11.3. The Morgan fingerprint density at radius 1 is 0.957 bits per heavy atom. The van der Waals surface area contributed by atoms with E-state index in [2.05, 4.69) is 23.7 Å². The molecule has 0 N–H and O–H groups in total. The van der Waals surface area contributed by atoms with E-state index in [-0.39, 0.29) is 5.82 Å². The predicted octanol–water partition coefficient (Wildman–Crippen LogP) is 5.01. The largest absolute Gasteiger partial charge is 0.426 e. The van der Waals surface area contributed by atoms with Gasteiger partial charge in [-0.25, -0.2) is 4.39 Å². The first-order valence-electron chi connectivity index (χ1n) is 8.05. The van der Waals surface area contributed by atoms with Crippen LogP contribution in [0.2, 0.25) is 0 Å². The molecule has 0 heterocycles. The summed E-state index contributed by atoms with van der Waals surface area (Å²) in [5.74, 6) is 0.302. The third-order valence-corrected chi connectivity index (χ3v) is 3.26. The molecule has 0 bridgehead atoms. The van der Waals surface area contributed by atoms with Crippen LogP contribution in [0.25, 0.3) is 0 Å². The molecule has 2 rings (SSSR count). The van der Waals surface area contributed by atoms with E-state index in [0.717, 1.165) is 31.6 Å². The van der Waals surface area contributed by atoms with Crippen LogP contribution in [0.15, 0.2) is 59.6 Å². The minimum absolute atomic E-state index is 0.280. The molecule has 0 atom stereocenters. The van der Waals surface area contributed by atoms with E-state index in [1.54, 1.807) is 12.1 Å². The number of amidine groups is 1. The van der Waals surface area contributed by atoms with Crippen LogP contribution < -0.4 is 4.74 Å². The Kier molecular flexibility index (Phi) is 6.60. The Bertz CT molecular complexity index is 605. The smallest absolute Gasteiger partial charge is 0.298 e. The van der Waals surface area contributed by atoms with Gasteiger partial charge in [-0.3, -0.25) is 0 Å². The zero-order valence-electron chi connectivity index (χ0n) is 13.7. The number of para-hydroxylation sites is 1. The van der Waals surface area contributed by atoms with Gasteiger partial charge in [-0.05, 0) is 49.2 Å². The van der Waals surface area contributed by atoms with Crippen molar-refractivity contribution in [2.75, 3.05) is 13.1 Å². The van der Waals surface area contributed by atoms with Gasteiger partial charge in [-0.15, -0.1) is 0 Å².